The molecule has 0 bridgehead atoms. The minimum Gasteiger partial charge on any atom is -0.345 e. The van der Waals surface area contributed by atoms with Crippen LogP contribution in [0.15, 0.2) is 18.2 Å². The van der Waals surface area contributed by atoms with E-state index < -0.39 is 11.7 Å². The van der Waals surface area contributed by atoms with Gasteiger partial charge in [0.15, 0.2) is 0 Å². The minimum absolute atomic E-state index is 0.246. The molecule has 0 amide bonds. The molecule has 0 radical (unpaired) electrons. The highest BCUT2D eigenvalue weighted by atomic mass is 32.2. The molecule has 6 heteroatoms. The van der Waals surface area contributed by atoms with E-state index in [-0.39, 0.29) is 4.86 Å². The van der Waals surface area contributed by atoms with Crippen LogP contribution in [0.1, 0.15) is 107 Å². The first-order valence-electron chi connectivity index (χ1n) is 14.1. The van der Waals surface area contributed by atoms with Crippen LogP contribution < -0.4 is 0 Å². The molecular weight excluding hydrogens is 507 g/mol. The summed E-state index contributed by atoms with van der Waals surface area (Å²) in [5, 5.41) is 0.736. The Labute approximate surface area is 232 Å². The Kier molecular flexibility index (Phi) is 13.8. The number of aromatic nitrogens is 1. The fourth-order valence-electron chi connectivity index (χ4n) is 5.08. The Hall–Kier alpha value is -1.27. The zero-order chi connectivity index (χ0) is 27.4. The number of halogens is 3. The number of nitrogens with zero attached hydrogens (tertiary/aromatic N) is 1. The third-order valence-corrected chi connectivity index (χ3v) is 8.41. The van der Waals surface area contributed by atoms with Crippen molar-refractivity contribution in [2.45, 2.75) is 118 Å². The second-order valence-corrected chi connectivity index (χ2v) is 12.1. The summed E-state index contributed by atoms with van der Waals surface area (Å²) in [5.41, 5.74) is 3.37. The lowest BCUT2D eigenvalue weighted by Gasteiger charge is -2.18. The van der Waals surface area contributed by atoms with Gasteiger partial charge in [-0.1, -0.05) is 77.1 Å². The van der Waals surface area contributed by atoms with Crippen LogP contribution in [0.3, 0.4) is 0 Å². The molecular formula is C31H46F3NS2. The maximum atomic E-state index is 14.3. The Morgan fingerprint density at radius 2 is 1.54 bits per heavy atom. The Bertz CT molecular complexity index is 1030. The molecule has 0 aliphatic carbocycles. The number of hydrogen-bond donors (Lipinski definition) is 0. The maximum Gasteiger partial charge on any atom is 0.417 e. The first-order valence-corrected chi connectivity index (χ1v) is 15.7. The van der Waals surface area contributed by atoms with E-state index >= 15 is 0 Å². The minimum atomic E-state index is -4.46. The number of allylic oxidation sites excluding steroid dienone is 2. The quantitative estimate of drug-likeness (QED) is 0.109. The van der Waals surface area contributed by atoms with Crippen molar-refractivity contribution in [1.29, 1.82) is 0 Å². The van der Waals surface area contributed by atoms with E-state index in [1.54, 1.807) is 6.92 Å². The van der Waals surface area contributed by atoms with Crippen molar-refractivity contribution in [2.75, 3.05) is 11.5 Å². The molecule has 0 fully saturated rings. The molecule has 1 aromatic carbocycles. The SMILES string of the molecule is CCCCSCCCCCCCCCn1c(C)c(C)c2c(/C(=C\C(C)=S)C(F)(F)F)c(CCC)ccc21. The first-order chi connectivity index (χ1) is 17.6. The van der Waals surface area contributed by atoms with E-state index in [0.29, 0.717) is 12.0 Å². The van der Waals surface area contributed by atoms with E-state index in [1.807, 2.05) is 32.9 Å². The summed E-state index contributed by atoms with van der Waals surface area (Å²) in [5.74, 6) is 2.58. The van der Waals surface area contributed by atoms with E-state index in [0.717, 1.165) is 59.6 Å². The number of thioether (sulfide) groups is 1. The molecule has 37 heavy (non-hydrogen) atoms. The predicted octanol–water partition coefficient (Wildman–Crippen LogP) is 10.8. The molecule has 1 aromatic heterocycles. The van der Waals surface area contributed by atoms with Gasteiger partial charge < -0.3 is 4.57 Å². The molecule has 0 N–H and O–H groups in total. The summed E-state index contributed by atoms with van der Waals surface area (Å²) in [4.78, 5) is 0.246. The smallest absolute Gasteiger partial charge is 0.345 e. The van der Waals surface area contributed by atoms with E-state index in [1.165, 1.54) is 56.5 Å². The van der Waals surface area contributed by atoms with Gasteiger partial charge in [0, 0.05) is 28.0 Å². The number of alkyl halides is 3. The van der Waals surface area contributed by atoms with Crippen LogP contribution in [-0.4, -0.2) is 27.1 Å². The molecule has 2 aromatic rings. The number of hydrogen-bond acceptors (Lipinski definition) is 2. The topological polar surface area (TPSA) is 4.93 Å². The Morgan fingerprint density at radius 1 is 0.919 bits per heavy atom. The lowest BCUT2D eigenvalue weighted by molar-refractivity contribution is -0.0688. The van der Waals surface area contributed by atoms with Gasteiger partial charge in [0.1, 0.15) is 0 Å². The van der Waals surface area contributed by atoms with E-state index in [9.17, 15) is 13.2 Å². The molecule has 0 aliphatic heterocycles. The summed E-state index contributed by atoms with van der Waals surface area (Å²) in [7, 11) is 0. The van der Waals surface area contributed by atoms with Crippen molar-refractivity contribution in [3.8, 4) is 0 Å². The van der Waals surface area contributed by atoms with E-state index in [2.05, 4.69) is 23.3 Å². The fraction of sp³-hybridized carbons (Fsp3) is 0.645. The van der Waals surface area contributed by atoms with Crippen molar-refractivity contribution in [3.05, 3.63) is 40.6 Å². The lowest BCUT2D eigenvalue weighted by Crippen LogP contribution is -2.14. The average molecular weight is 554 g/mol. The van der Waals surface area contributed by atoms with Gasteiger partial charge in [0.25, 0.3) is 0 Å². The highest BCUT2D eigenvalue weighted by Crippen LogP contribution is 2.42. The van der Waals surface area contributed by atoms with Gasteiger partial charge in [-0.3, -0.25) is 0 Å². The summed E-state index contributed by atoms with van der Waals surface area (Å²) in [6, 6.07) is 3.93. The lowest BCUT2D eigenvalue weighted by atomic mass is 9.90. The van der Waals surface area contributed by atoms with Gasteiger partial charge in [-0.2, -0.15) is 24.9 Å². The summed E-state index contributed by atoms with van der Waals surface area (Å²) in [6.45, 7) is 10.6. The molecule has 1 nitrogen and oxygen atoms in total. The largest absolute Gasteiger partial charge is 0.417 e. The molecule has 0 saturated heterocycles. The number of fused-ring (bicyclic) bond motifs is 1. The van der Waals surface area contributed by atoms with Crippen molar-refractivity contribution in [2.24, 2.45) is 0 Å². The third kappa shape index (κ3) is 9.45. The van der Waals surface area contributed by atoms with Crippen LogP contribution in [0.4, 0.5) is 13.2 Å². The number of aryl methyl sites for hydroxylation is 3. The second-order valence-electron chi connectivity index (χ2n) is 10.2. The van der Waals surface area contributed by atoms with Gasteiger partial charge in [-0.15, -0.1) is 0 Å². The molecule has 2 rings (SSSR count). The molecule has 0 spiro atoms. The van der Waals surface area contributed by atoms with Crippen LogP contribution in [0.2, 0.25) is 0 Å². The second kappa shape index (κ2) is 16.0. The van der Waals surface area contributed by atoms with Crippen molar-refractivity contribution in [1.82, 2.24) is 4.57 Å². The van der Waals surface area contributed by atoms with Crippen LogP contribution in [0.25, 0.3) is 16.5 Å². The summed E-state index contributed by atoms with van der Waals surface area (Å²) >= 11 is 7.18. The Morgan fingerprint density at radius 3 is 2.14 bits per heavy atom. The number of unbranched alkanes of at least 4 members (excludes halogenated alkanes) is 7. The van der Waals surface area contributed by atoms with Crippen LogP contribution in [0, 0.1) is 13.8 Å². The van der Waals surface area contributed by atoms with E-state index in [4.69, 9.17) is 12.2 Å². The number of benzene rings is 1. The molecule has 208 valence electrons. The standard InChI is InChI=1S/C31H46F3NS2/c1-6-8-20-37-21-15-13-11-9-10-12-14-19-35-25(5)24(4)29-28(35)18-17-26(16-7-2)30(29)27(22-23(3)36)31(32,33)34/h17-18,22H,6-16,19-21H2,1-5H3/b27-22+. The highest BCUT2D eigenvalue weighted by Gasteiger charge is 2.37. The van der Waals surface area contributed by atoms with Crippen molar-refractivity contribution >= 4 is 45.3 Å². The number of thiocarbonyl (C=S) groups is 1. The average Bonchev–Trinajstić information content (AvgIpc) is 3.07. The monoisotopic (exact) mass is 553 g/mol. The molecule has 0 unspecified atom stereocenters. The van der Waals surface area contributed by atoms with Crippen LogP contribution in [0.5, 0.6) is 0 Å². The van der Waals surface area contributed by atoms with Crippen molar-refractivity contribution in [3.63, 3.8) is 0 Å². The zero-order valence-electron chi connectivity index (χ0n) is 23.5. The highest BCUT2D eigenvalue weighted by molar-refractivity contribution is 7.99. The van der Waals surface area contributed by atoms with Gasteiger partial charge in [0.05, 0.1) is 5.57 Å². The zero-order valence-corrected chi connectivity index (χ0v) is 25.2. The molecule has 1 heterocycles. The predicted molar refractivity (Wildman–Crippen MR) is 162 cm³/mol. The van der Waals surface area contributed by atoms with Crippen LogP contribution >= 0.6 is 24.0 Å². The van der Waals surface area contributed by atoms with Gasteiger partial charge in [-0.05, 0) is 86.8 Å². The summed E-state index contributed by atoms with van der Waals surface area (Å²) in [6.07, 6.45) is 9.31. The maximum absolute atomic E-state index is 14.3. The molecule has 0 saturated carbocycles. The van der Waals surface area contributed by atoms with Crippen molar-refractivity contribution < 1.29 is 13.2 Å². The fourth-order valence-corrected chi connectivity index (χ4v) is 6.31. The Balaban J connectivity index is 2.12. The van der Waals surface area contributed by atoms with Gasteiger partial charge in [0.2, 0.25) is 0 Å². The number of rotatable bonds is 17. The third-order valence-electron chi connectivity index (χ3n) is 7.14. The normalized spacial score (nSPS) is 12.6. The molecule has 0 aliphatic rings. The molecule has 0 atom stereocenters. The van der Waals surface area contributed by atoms with Gasteiger partial charge >= 0.3 is 6.18 Å². The first kappa shape index (κ1) is 31.9. The summed E-state index contributed by atoms with van der Waals surface area (Å²) < 4.78 is 45.1. The van der Waals surface area contributed by atoms with Gasteiger partial charge in [-0.25, -0.2) is 0 Å². The van der Waals surface area contributed by atoms with Crippen LogP contribution in [-0.2, 0) is 13.0 Å².